The Morgan fingerprint density at radius 2 is 2.33 bits per heavy atom. The second-order valence-electron chi connectivity index (χ2n) is 4.11. The lowest BCUT2D eigenvalue weighted by Crippen LogP contribution is -2.28. The van der Waals surface area contributed by atoms with Gasteiger partial charge >= 0.3 is 0 Å². The van der Waals surface area contributed by atoms with Gasteiger partial charge in [-0.15, -0.1) is 0 Å². The zero-order chi connectivity index (χ0) is 11.1. The van der Waals surface area contributed by atoms with E-state index in [0.717, 1.165) is 39.1 Å². The molecule has 4 heteroatoms. The summed E-state index contributed by atoms with van der Waals surface area (Å²) in [6.07, 6.45) is 2.62. The highest BCUT2D eigenvalue weighted by atomic mass is 16.5. The average molecular weight is 214 g/mol. The first kappa shape index (κ1) is 12.5. The minimum atomic E-state index is 0.251. The van der Waals surface area contributed by atoms with E-state index in [9.17, 15) is 4.79 Å². The number of amides is 1. The molecule has 1 saturated heterocycles. The van der Waals surface area contributed by atoms with Crippen LogP contribution in [-0.2, 0) is 9.53 Å². The van der Waals surface area contributed by atoms with Gasteiger partial charge in [0, 0.05) is 32.7 Å². The lowest BCUT2D eigenvalue weighted by Gasteiger charge is -2.16. The summed E-state index contributed by atoms with van der Waals surface area (Å²) in [4.78, 5) is 13.4. The van der Waals surface area contributed by atoms with Crippen molar-refractivity contribution in [2.24, 2.45) is 11.7 Å². The van der Waals surface area contributed by atoms with Gasteiger partial charge in [0.1, 0.15) is 0 Å². The van der Waals surface area contributed by atoms with Gasteiger partial charge in [0.15, 0.2) is 0 Å². The van der Waals surface area contributed by atoms with Gasteiger partial charge < -0.3 is 15.4 Å². The third-order valence-electron chi connectivity index (χ3n) is 2.69. The Hall–Kier alpha value is -0.610. The number of nitrogens with zero attached hydrogens (tertiary/aromatic N) is 1. The first-order valence-corrected chi connectivity index (χ1v) is 5.83. The molecule has 4 nitrogen and oxygen atoms in total. The molecule has 1 amide bonds. The quantitative estimate of drug-likeness (QED) is 0.632. The van der Waals surface area contributed by atoms with E-state index in [1.807, 2.05) is 4.90 Å². The molecule has 2 N–H and O–H groups in total. The van der Waals surface area contributed by atoms with Crippen LogP contribution >= 0.6 is 0 Å². The van der Waals surface area contributed by atoms with Crippen molar-refractivity contribution in [2.75, 3.05) is 32.8 Å². The van der Waals surface area contributed by atoms with Gasteiger partial charge in [0.2, 0.25) is 5.91 Å². The minimum Gasteiger partial charge on any atom is -0.381 e. The fourth-order valence-corrected chi connectivity index (χ4v) is 1.83. The van der Waals surface area contributed by atoms with Gasteiger partial charge in [-0.05, 0) is 25.3 Å². The summed E-state index contributed by atoms with van der Waals surface area (Å²) in [5.74, 6) is 0.620. The van der Waals surface area contributed by atoms with Crippen LogP contribution in [0.25, 0.3) is 0 Å². The molecule has 0 aromatic rings. The van der Waals surface area contributed by atoms with Crippen LogP contribution in [0.1, 0.15) is 26.2 Å². The van der Waals surface area contributed by atoms with Crippen LogP contribution in [0, 0.1) is 5.92 Å². The average Bonchev–Trinajstić information content (AvgIpc) is 2.59. The molecule has 15 heavy (non-hydrogen) atoms. The number of hydrogen-bond acceptors (Lipinski definition) is 3. The van der Waals surface area contributed by atoms with Crippen LogP contribution in [0.3, 0.4) is 0 Å². The predicted molar refractivity (Wildman–Crippen MR) is 59.5 cm³/mol. The van der Waals surface area contributed by atoms with Crippen molar-refractivity contribution in [1.82, 2.24) is 4.90 Å². The fourth-order valence-electron chi connectivity index (χ4n) is 1.83. The van der Waals surface area contributed by atoms with Gasteiger partial charge in [0.25, 0.3) is 0 Å². The second kappa shape index (κ2) is 6.80. The summed E-state index contributed by atoms with van der Waals surface area (Å²) < 4.78 is 5.37. The van der Waals surface area contributed by atoms with E-state index < -0.39 is 0 Å². The normalized spacial score (nSPS) is 21.3. The Balaban J connectivity index is 2.08. The highest BCUT2D eigenvalue weighted by Gasteiger charge is 2.27. The van der Waals surface area contributed by atoms with Gasteiger partial charge in [-0.1, -0.05) is 6.92 Å². The minimum absolute atomic E-state index is 0.251. The number of rotatable bonds is 7. The maximum atomic E-state index is 11.5. The molecular formula is C11H22N2O2. The highest BCUT2D eigenvalue weighted by Crippen LogP contribution is 2.16. The van der Waals surface area contributed by atoms with Crippen LogP contribution in [0.4, 0.5) is 0 Å². The van der Waals surface area contributed by atoms with E-state index in [1.165, 1.54) is 0 Å². The number of nitrogens with two attached hydrogens (primary N) is 1. The lowest BCUT2D eigenvalue weighted by atomic mass is 10.1. The summed E-state index contributed by atoms with van der Waals surface area (Å²) in [7, 11) is 0. The molecule has 1 unspecified atom stereocenters. The van der Waals surface area contributed by atoms with Gasteiger partial charge in [-0.2, -0.15) is 0 Å². The molecule has 1 fully saturated rings. The Bertz CT molecular complexity index is 197. The van der Waals surface area contributed by atoms with Crippen molar-refractivity contribution in [1.29, 1.82) is 0 Å². The Morgan fingerprint density at radius 1 is 1.53 bits per heavy atom. The van der Waals surface area contributed by atoms with E-state index >= 15 is 0 Å². The van der Waals surface area contributed by atoms with Gasteiger partial charge in [-0.3, -0.25) is 4.79 Å². The fraction of sp³-hybridized carbons (Fsp3) is 0.909. The van der Waals surface area contributed by atoms with Gasteiger partial charge in [0.05, 0.1) is 0 Å². The maximum absolute atomic E-state index is 11.5. The molecule has 1 aliphatic rings. The van der Waals surface area contributed by atoms with Crippen LogP contribution in [0.15, 0.2) is 0 Å². The molecule has 0 bridgehead atoms. The lowest BCUT2D eigenvalue weighted by molar-refractivity contribution is -0.127. The molecule has 0 aromatic heterocycles. The van der Waals surface area contributed by atoms with Crippen molar-refractivity contribution in [3.05, 3.63) is 0 Å². The monoisotopic (exact) mass is 214 g/mol. The summed E-state index contributed by atoms with van der Waals surface area (Å²) in [5, 5.41) is 0. The molecule has 0 aromatic carbocycles. The molecule has 0 spiro atoms. The predicted octanol–water partition coefficient (Wildman–Crippen LogP) is 0.610. The third kappa shape index (κ3) is 4.18. The van der Waals surface area contributed by atoms with E-state index in [0.29, 0.717) is 18.9 Å². The maximum Gasteiger partial charge on any atom is 0.222 e. The standard InChI is InChI=1S/C11H22N2O2/c1-2-5-15-6-3-4-13-9-10(8-12)7-11(13)14/h10H,2-9,12H2,1H3. The van der Waals surface area contributed by atoms with E-state index in [1.54, 1.807) is 0 Å². The molecule has 0 radical (unpaired) electrons. The van der Waals surface area contributed by atoms with E-state index in [4.69, 9.17) is 10.5 Å². The first-order chi connectivity index (χ1) is 7.27. The van der Waals surface area contributed by atoms with Crippen molar-refractivity contribution >= 4 is 5.91 Å². The highest BCUT2D eigenvalue weighted by molar-refractivity contribution is 5.78. The van der Waals surface area contributed by atoms with E-state index in [-0.39, 0.29) is 5.91 Å². The number of likely N-dealkylation sites (tertiary alicyclic amines) is 1. The zero-order valence-electron chi connectivity index (χ0n) is 9.58. The van der Waals surface area contributed by atoms with Crippen molar-refractivity contribution < 1.29 is 9.53 Å². The smallest absolute Gasteiger partial charge is 0.222 e. The largest absolute Gasteiger partial charge is 0.381 e. The van der Waals surface area contributed by atoms with E-state index in [2.05, 4.69) is 6.92 Å². The molecule has 1 rings (SSSR count). The van der Waals surface area contributed by atoms with Crippen molar-refractivity contribution in [3.63, 3.8) is 0 Å². The molecule has 0 saturated carbocycles. The topological polar surface area (TPSA) is 55.6 Å². The SMILES string of the molecule is CCCOCCCN1CC(CN)CC1=O. The Labute approximate surface area is 91.8 Å². The third-order valence-corrected chi connectivity index (χ3v) is 2.69. The Kier molecular flexibility index (Phi) is 5.65. The molecule has 0 aliphatic carbocycles. The number of carbonyl (C=O) groups is 1. The van der Waals surface area contributed by atoms with Gasteiger partial charge in [-0.25, -0.2) is 0 Å². The Morgan fingerprint density at radius 3 is 2.93 bits per heavy atom. The number of ether oxygens (including phenoxy) is 1. The van der Waals surface area contributed by atoms with Crippen LogP contribution in [0.5, 0.6) is 0 Å². The zero-order valence-corrected chi connectivity index (χ0v) is 9.58. The summed E-state index contributed by atoms with van der Waals surface area (Å²) in [6, 6.07) is 0. The number of carbonyl (C=O) groups excluding carboxylic acids is 1. The van der Waals surface area contributed by atoms with Crippen LogP contribution in [0.2, 0.25) is 0 Å². The summed E-state index contributed by atoms with van der Waals surface area (Å²) in [6.45, 7) is 5.94. The second-order valence-corrected chi connectivity index (χ2v) is 4.11. The molecular weight excluding hydrogens is 192 g/mol. The van der Waals surface area contributed by atoms with Crippen LogP contribution in [-0.4, -0.2) is 43.7 Å². The summed E-state index contributed by atoms with van der Waals surface area (Å²) in [5.41, 5.74) is 5.55. The summed E-state index contributed by atoms with van der Waals surface area (Å²) >= 11 is 0. The number of hydrogen-bond donors (Lipinski definition) is 1. The molecule has 1 atom stereocenters. The molecule has 1 aliphatic heterocycles. The van der Waals surface area contributed by atoms with Crippen molar-refractivity contribution in [2.45, 2.75) is 26.2 Å². The van der Waals surface area contributed by atoms with Crippen molar-refractivity contribution in [3.8, 4) is 0 Å². The molecule has 1 heterocycles. The molecule has 88 valence electrons. The van der Waals surface area contributed by atoms with Crippen LogP contribution < -0.4 is 5.73 Å². The first-order valence-electron chi connectivity index (χ1n) is 5.83.